The minimum absolute atomic E-state index is 0.267. The van der Waals surface area contributed by atoms with E-state index < -0.39 is 0 Å². The molecule has 1 aromatic heterocycles. The van der Waals surface area contributed by atoms with Crippen LogP contribution in [0.5, 0.6) is 0 Å². The van der Waals surface area contributed by atoms with E-state index in [-0.39, 0.29) is 16.8 Å². The summed E-state index contributed by atoms with van der Waals surface area (Å²) in [5.41, 5.74) is 0.340. The van der Waals surface area contributed by atoms with Crippen LogP contribution in [0.3, 0.4) is 0 Å². The van der Waals surface area contributed by atoms with Crippen molar-refractivity contribution in [1.82, 2.24) is 9.97 Å². The zero-order valence-corrected chi connectivity index (χ0v) is 9.76. The van der Waals surface area contributed by atoms with Gasteiger partial charge in [0.15, 0.2) is 5.82 Å². The molecule has 0 unspecified atom stereocenters. The van der Waals surface area contributed by atoms with Crippen LogP contribution in [0.15, 0.2) is 34.9 Å². The Labute approximate surface area is 99.3 Å². The lowest BCUT2D eigenvalue weighted by Gasteiger charge is -2.02. The fourth-order valence-electron chi connectivity index (χ4n) is 1.12. The smallest absolute Gasteiger partial charge is 0.163 e. The molecular formula is C10H5BrClFN2. The van der Waals surface area contributed by atoms with E-state index in [9.17, 15) is 4.39 Å². The van der Waals surface area contributed by atoms with Crippen molar-refractivity contribution in [3.05, 3.63) is 45.9 Å². The Morgan fingerprint density at radius 1 is 1.27 bits per heavy atom. The molecule has 0 spiro atoms. The molecule has 0 fully saturated rings. The van der Waals surface area contributed by atoms with Gasteiger partial charge in [-0.2, -0.15) is 0 Å². The predicted molar refractivity (Wildman–Crippen MR) is 60.1 cm³/mol. The zero-order valence-electron chi connectivity index (χ0n) is 7.42. The summed E-state index contributed by atoms with van der Waals surface area (Å²) in [6.45, 7) is 0. The maximum Gasteiger partial charge on any atom is 0.163 e. The van der Waals surface area contributed by atoms with Gasteiger partial charge < -0.3 is 0 Å². The highest BCUT2D eigenvalue weighted by atomic mass is 79.9. The number of benzene rings is 1. The first-order valence-corrected chi connectivity index (χ1v) is 5.28. The number of aromatic nitrogens is 2. The van der Waals surface area contributed by atoms with Crippen LogP contribution in [0, 0.1) is 5.82 Å². The molecule has 0 atom stereocenters. The standard InChI is InChI=1S/C10H5BrClFN2/c11-7-5-14-10(15-9(7)12)6-3-1-2-4-8(6)13/h1-5H. The van der Waals surface area contributed by atoms with Gasteiger partial charge in [-0.15, -0.1) is 0 Å². The van der Waals surface area contributed by atoms with E-state index in [1.54, 1.807) is 18.2 Å². The molecule has 0 aliphatic heterocycles. The van der Waals surface area contributed by atoms with Crippen LogP contribution in [0.2, 0.25) is 5.15 Å². The average Bonchev–Trinajstić information content (AvgIpc) is 2.23. The van der Waals surface area contributed by atoms with Crippen molar-refractivity contribution in [3.8, 4) is 11.4 Å². The quantitative estimate of drug-likeness (QED) is 0.747. The minimum Gasteiger partial charge on any atom is -0.235 e. The van der Waals surface area contributed by atoms with E-state index in [0.29, 0.717) is 10.0 Å². The highest BCUT2D eigenvalue weighted by Crippen LogP contribution is 2.24. The third-order valence-electron chi connectivity index (χ3n) is 1.82. The van der Waals surface area contributed by atoms with Gasteiger partial charge in [0, 0.05) is 6.20 Å². The van der Waals surface area contributed by atoms with Crippen molar-refractivity contribution in [3.63, 3.8) is 0 Å². The van der Waals surface area contributed by atoms with Crippen molar-refractivity contribution in [2.75, 3.05) is 0 Å². The van der Waals surface area contributed by atoms with Gasteiger partial charge in [0.2, 0.25) is 0 Å². The number of hydrogen-bond acceptors (Lipinski definition) is 2. The Kier molecular flexibility index (Phi) is 2.98. The summed E-state index contributed by atoms with van der Waals surface area (Å²) in [5.74, 6) is -0.0859. The van der Waals surface area contributed by atoms with Crippen LogP contribution >= 0.6 is 27.5 Å². The maximum atomic E-state index is 13.4. The fraction of sp³-hybridized carbons (Fsp3) is 0. The second-order valence-electron chi connectivity index (χ2n) is 2.81. The van der Waals surface area contributed by atoms with E-state index in [4.69, 9.17) is 11.6 Å². The second-order valence-corrected chi connectivity index (χ2v) is 4.02. The Balaban J connectivity index is 2.55. The number of hydrogen-bond donors (Lipinski definition) is 0. The molecule has 15 heavy (non-hydrogen) atoms. The average molecular weight is 288 g/mol. The van der Waals surface area contributed by atoms with Gasteiger partial charge in [-0.25, -0.2) is 14.4 Å². The van der Waals surface area contributed by atoms with Crippen LogP contribution in [-0.4, -0.2) is 9.97 Å². The summed E-state index contributed by atoms with van der Waals surface area (Å²) < 4.78 is 14.0. The third-order valence-corrected chi connectivity index (χ3v) is 2.91. The van der Waals surface area contributed by atoms with Crippen LogP contribution in [0.1, 0.15) is 0 Å². The van der Waals surface area contributed by atoms with Gasteiger partial charge in [0.05, 0.1) is 10.0 Å². The van der Waals surface area contributed by atoms with Gasteiger partial charge in [0.1, 0.15) is 11.0 Å². The first-order chi connectivity index (χ1) is 7.18. The summed E-state index contributed by atoms with van der Waals surface area (Å²) in [4.78, 5) is 7.96. The summed E-state index contributed by atoms with van der Waals surface area (Å²) in [5, 5.41) is 0.267. The van der Waals surface area contributed by atoms with Gasteiger partial charge in [-0.05, 0) is 28.1 Å². The molecule has 0 aliphatic carbocycles. The Morgan fingerprint density at radius 2 is 2.00 bits per heavy atom. The molecule has 0 saturated carbocycles. The summed E-state index contributed by atoms with van der Waals surface area (Å²) in [6, 6.07) is 6.29. The van der Waals surface area contributed by atoms with Gasteiger partial charge >= 0.3 is 0 Å². The van der Waals surface area contributed by atoms with Crippen LogP contribution in [0.25, 0.3) is 11.4 Å². The molecule has 76 valence electrons. The summed E-state index contributed by atoms with van der Waals surface area (Å²) in [7, 11) is 0. The molecule has 0 bridgehead atoms. The lowest BCUT2D eigenvalue weighted by atomic mass is 10.2. The summed E-state index contributed by atoms with van der Waals surface area (Å²) in [6.07, 6.45) is 1.50. The zero-order chi connectivity index (χ0) is 10.8. The minimum atomic E-state index is -0.365. The molecule has 1 aromatic carbocycles. The second kappa shape index (κ2) is 4.24. The Bertz CT molecular complexity index is 505. The maximum absolute atomic E-state index is 13.4. The normalized spacial score (nSPS) is 10.3. The first kappa shape index (κ1) is 10.5. The Morgan fingerprint density at radius 3 is 2.67 bits per heavy atom. The largest absolute Gasteiger partial charge is 0.235 e. The van der Waals surface area contributed by atoms with Gasteiger partial charge in [-0.1, -0.05) is 23.7 Å². The number of nitrogens with zero attached hydrogens (tertiary/aromatic N) is 2. The molecule has 0 N–H and O–H groups in total. The lowest BCUT2D eigenvalue weighted by molar-refractivity contribution is 0.630. The molecule has 0 aliphatic rings. The van der Waals surface area contributed by atoms with Crippen LogP contribution < -0.4 is 0 Å². The molecule has 2 nitrogen and oxygen atoms in total. The molecule has 0 saturated heterocycles. The molecule has 2 rings (SSSR count). The van der Waals surface area contributed by atoms with Crippen LogP contribution in [-0.2, 0) is 0 Å². The SMILES string of the molecule is Fc1ccccc1-c1ncc(Br)c(Cl)n1. The third kappa shape index (κ3) is 2.16. The van der Waals surface area contributed by atoms with Crippen molar-refractivity contribution in [2.45, 2.75) is 0 Å². The van der Waals surface area contributed by atoms with Crippen molar-refractivity contribution < 1.29 is 4.39 Å². The van der Waals surface area contributed by atoms with Gasteiger partial charge in [-0.3, -0.25) is 0 Å². The molecule has 1 heterocycles. The highest BCUT2D eigenvalue weighted by Gasteiger charge is 2.08. The highest BCUT2D eigenvalue weighted by molar-refractivity contribution is 9.10. The first-order valence-electron chi connectivity index (χ1n) is 4.11. The number of halogens is 3. The van der Waals surface area contributed by atoms with E-state index in [1.165, 1.54) is 12.3 Å². The summed E-state index contributed by atoms with van der Waals surface area (Å²) >= 11 is 8.97. The molecule has 0 radical (unpaired) electrons. The van der Waals surface area contributed by atoms with E-state index in [0.717, 1.165) is 0 Å². The van der Waals surface area contributed by atoms with Crippen molar-refractivity contribution in [1.29, 1.82) is 0 Å². The molecule has 5 heteroatoms. The molecule has 0 amide bonds. The van der Waals surface area contributed by atoms with E-state index >= 15 is 0 Å². The monoisotopic (exact) mass is 286 g/mol. The van der Waals surface area contributed by atoms with Crippen LogP contribution in [0.4, 0.5) is 4.39 Å². The number of rotatable bonds is 1. The predicted octanol–water partition coefficient (Wildman–Crippen LogP) is 3.70. The molecular weight excluding hydrogens is 282 g/mol. The van der Waals surface area contributed by atoms with E-state index in [1.807, 2.05) is 0 Å². The van der Waals surface area contributed by atoms with Crippen molar-refractivity contribution >= 4 is 27.5 Å². The molecule has 2 aromatic rings. The van der Waals surface area contributed by atoms with Gasteiger partial charge in [0.25, 0.3) is 0 Å². The lowest BCUT2D eigenvalue weighted by Crippen LogP contribution is -1.92. The Hall–Kier alpha value is -1.000. The van der Waals surface area contributed by atoms with E-state index in [2.05, 4.69) is 25.9 Å². The van der Waals surface area contributed by atoms with Crippen molar-refractivity contribution in [2.24, 2.45) is 0 Å². The topological polar surface area (TPSA) is 25.8 Å². The fourth-order valence-corrected chi connectivity index (χ4v) is 1.44.